The smallest absolute Gasteiger partial charge is 0.319 e. The number of urea groups is 1. The lowest BCUT2D eigenvalue weighted by atomic mass is 10.1. The van der Waals surface area contributed by atoms with Crippen LogP contribution < -0.4 is 10.6 Å². The van der Waals surface area contributed by atoms with Gasteiger partial charge in [-0.1, -0.05) is 46.3 Å². The number of rotatable bonds is 4. The van der Waals surface area contributed by atoms with Crippen molar-refractivity contribution in [2.75, 3.05) is 5.32 Å². The first-order chi connectivity index (χ1) is 10.1. The van der Waals surface area contributed by atoms with E-state index in [0.717, 1.165) is 26.9 Å². The number of aryl methyl sites for hydroxylation is 1. The predicted octanol–water partition coefficient (Wildman–Crippen LogP) is 3.57. The monoisotopic (exact) mass is 348 g/mol. The highest BCUT2D eigenvalue weighted by atomic mass is 79.9. The van der Waals surface area contributed by atoms with Crippen molar-refractivity contribution in [1.29, 1.82) is 0 Å². The summed E-state index contributed by atoms with van der Waals surface area (Å²) in [5, 5.41) is 14.9. The van der Waals surface area contributed by atoms with E-state index in [1.54, 1.807) is 0 Å². The average molecular weight is 349 g/mol. The molecule has 110 valence electrons. The van der Waals surface area contributed by atoms with E-state index >= 15 is 0 Å². The molecular formula is C16H17BrN2O2. The summed E-state index contributed by atoms with van der Waals surface area (Å²) in [7, 11) is 0. The second kappa shape index (κ2) is 7.24. The fraction of sp³-hybridized carbons (Fsp3) is 0.188. The molecule has 0 bridgehead atoms. The molecule has 5 heteroatoms. The van der Waals surface area contributed by atoms with Crippen molar-refractivity contribution >= 4 is 27.6 Å². The number of amides is 2. The molecule has 0 aliphatic carbocycles. The van der Waals surface area contributed by atoms with Gasteiger partial charge in [-0.25, -0.2) is 4.79 Å². The van der Waals surface area contributed by atoms with E-state index in [9.17, 15) is 9.90 Å². The maximum absolute atomic E-state index is 11.9. The highest BCUT2D eigenvalue weighted by Gasteiger charge is 2.06. The zero-order valence-electron chi connectivity index (χ0n) is 11.7. The van der Waals surface area contributed by atoms with E-state index in [-0.39, 0.29) is 12.6 Å². The van der Waals surface area contributed by atoms with Crippen molar-refractivity contribution in [3.63, 3.8) is 0 Å². The number of benzene rings is 2. The first-order valence-corrected chi connectivity index (χ1v) is 7.38. The van der Waals surface area contributed by atoms with Gasteiger partial charge in [0.15, 0.2) is 0 Å². The molecule has 2 rings (SSSR count). The highest BCUT2D eigenvalue weighted by Crippen LogP contribution is 2.20. The third-order valence-corrected chi connectivity index (χ3v) is 3.67. The number of hydrogen-bond donors (Lipinski definition) is 3. The Labute approximate surface area is 132 Å². The predicted molar refractivity (Wildman–Crippen MR) is 87.1 cm³/mol. The largest absolute Gasteiger partial charge is 0.392 e. The summed E-state index contributed by atoms with van der Waals surface area (Å²) < 4.78 is 0.911. The Morgan fingerprint density at radius 3 is 2.62 bits per heavy atom. The average Bonchev–Trinajstić information content (AvgIpc) is 2.49. The summed E-state index contributed by atoms with van der Waals surface area (Å²) in [4.78, 5) is 11.9. The van der Waals surface area contributed by atoms with E-state index in [0.29, 0.717) is 6.54 Å². The molecule has 0 spiro atoms. The van der Waals surface area contributed by atoms with Gasteiger partial charge in [0.05, 0.1) is 6.61 Å². The Balaban J connectivity index is 1.97. The Bertz CT molecular complexity index is 644. The van der Waals surface area contributed by atoms with Crippen LogP contribution in [0.3, 0.4) is 0 Å². The standard InChI is InChI=1S/C16H17BrN2O2/c1-11-6-7-14(17)8-15(11)19-16(21)18-9-12-4-2-3-5-13(12)10-20/h2-8,20H,9-10H2,1H3,(H2,18,19,21). The molecule has 2 amide bonds. The van der Waals surface area contributed by atoms with Gasteiger partial charge in [-0.05, 0) is 35.7 Å². The molecule has 0 heterocycles. The molecule has 2 aromatic carbocycles. The number of halogens is 1. The van der Waals surface area contributed by atoms with Crippen LogP contribution >= 0.6 is 15.9 Å². The number of aliphatic hydroxyl groups is 1. The summed E-state index contributed by atoms with van der Waals surface area (Å²) in [6, 6.07) is 12.9. The summed E-state index contributed by atoms with van der Waals surface area (Å²) in [5.74, 6) is 0. The minimum atomic E-state index is -0.274. The van der Waals surface area contributed by atoms with Crippen LogP contribution in [0.5, 0.6) is 0 Å². The van der Waals surface area contributed by atoms with Crippen LogP contribution in [0, 0.1) is 6.92 Å². The van der Waals surface area contributed by atoms with Gasteiger partial charge < -0.3 is 15.7 Å². The zero-order valence-corrected chi connectivity index (χ0v) is 13.3. The topological polar surface area (TPSA) is 61.4 Å². The molecule has 0 aliphatic heterocycles. The highest BCUT2D eigenvalue weighted by molar-refractivity contribution is 9.10. The van der Waals surface area contributed by atoms with Crippen LogP contribution in [-0.4, -0.2) is 11.1 Å². The van der Waals surface area contributed by atoms with Gasteiger partial charge in [0, 0.05) is 16.7 Å². The quantitative estimate of drug-likeness (QED) is 0.790. The van der Waals surface area contributed by atoms with Gasteiger partial charge >= 0.3 is 6.03 Å². The number of nitrogens with one attached hydrogen (secondary N) is 2. The molecule has 4 nitrogen and oxygen atoms in total. The van der Waals surface area contributed by atoms with Crippen LogP contribution in [0.15, 0.2) is 46.9 Å². The normalized spacial score (nSPS) is 10.2. The Morgan fingerprint density at radius 1 is 1.19 bits per heavy atom. The second-order valence-corrected chi connectivity index (χ2v) is 5.61. The van der Waals surface area contributed by atoms with Gasteiger partial charge in [0.25, 0.3) is 0 Å². The molecular weight excluding hydrogens is 332 g/mol. The Hall–Kier alpha value is -1.85. The molecule has 0 radical (unpaired) electrons. The van der Waals surface area contributed by atoms with Gasteiger partial charge in [-0.2, -0.15) is 0 Å². The van der Waals surface area contributed by atoms with E-state index < -0.39 is 0 Å². The molecule has 0 fully saturated rings. The lowest BCUT2D eigenvalue weighted by molar-refractivity contribution is 0.251. The third-order valence-electron chi connectivity index (χ3n) is 3.18. The van der Waals surface area contributed by atoms with Crippen molar-refractivity contribution in [3.05, 3.63) is 63.6 Å². The van der Waals surface area contributed by atoms with Crippen molar-refractivity contribution in [1.82, 2.24) is 5.32 Å². The fourth-order valence-corrected chi connectivity index (χ4v) is 2.32. The van der Waals surface area contributed by atoms with Crippen LogP contribution in [0.2, 0.25) is 0 Å². The molecule has 0 unspecified atom stereocenters. The van der Waals surface area contributed by atoms with Crippen molar-refractivity contribution in [2.45, 2.75) is 20.1 Å². The lowest BCUT2D eigenvalue weighted by Crippen LogP contribution is -2.28. The molecule has 0 atom stereocenters. The number of anilines is 1. The number of carbonyl (C=O) groups excluding carboxylic acids is 1. The van der Waals surface area contributed by atoms with Gasteiger partial charge in [-0.3, -0.25) is 0 Å². The Morgan fingerprint density at radius 2 is 1.90 bits per heavy atom. The minimum Gasteiger partial charge on any atom is -0.392 e. The first-order valence-electron chi connectivity index (χ1n) is 6.59. The zero-order chi connectivity index (χ0) is 15.2. The van der Waals surface area contributed by atoms with Crippen LogP contribution in [0.25, 0.3) is 0 Å². The molecule has 2 aromatic rings. The Kier molecular flexibility index (Phi) is 5.36. The number of hydrogen-bond acceptors (Lipinski definition) is 2. The maximum Gasteiger partial charge on any atom is 0.319 e. The summed E-state index contributed by atoms with van der Waals surface area (Å²) in [6.07, 6.45) is 0. The third kappa shape index (κ3) is 4.31. The van der Waals surface area contributed by atoms with E-state index in [2.05, 4.69) is 26.6 Å². The fourth-order valence-electron chi connectivity index (χ4n) is 1.96. The number of carbonyl (C=O) groups is 1. The van der Waals surface area contributed by atoms with Gasteiger partial charge in [0.1, 0.15) is 0 Å². The van der Waals surface area contributed by atoms with Crippen molar-refractivity contribution < 1.29 is 9.90 Å². The van der Waals surface area contributed by atoms with Crippen LogP contribution in [0.4, 0.5) is 10.5 Å². The molecule has 0 aliphatic rings. The van der Waals surface area contributed by atoms with Crippen molar-refractivity contribution in [3.8, 4) is 0 Å². The molecule has 0 saturated carbocycles. The first kappa shape index (κ1) is 15.5. The number of aliphatic hydroxyl groups excluding tert-OH is 1. The minimum absolute atomic E-state index is 0.0375. The second-order valence-electron chi connectivity index (χ2n) is 4.69. The lowest BCUT2D eigenvalue weighted by Gasteiger charge is -2.12. The molecule has 21 heavy (non-hydrogen) atoms. The van der Waals surface area contributed by atoms with Crippen molar-refractivity contribution in [2.24, 2.45) is 0 Å². The van der Waals surface area contributed by atoms with Crippen LogP contribution in [0.1, 0.15) is 16.7 Å². The van der Waals surface area contributed by atoms with Crippen LogP contribution in [-0.2, 0) is 13.2 Å². The molecule has 0 aromatic heterocycles. The molecule has 3 N–H and O–H groups in total. The van der Waals surface area contributed by atoms with Gasteiger partial charge in [-0.15, -0.1) is 0 Å². The molecule has 0 saturated heterocycles. The van der Waals surface area contributed by atoms with E-state index in [1.807, 2.05) is 49.4 Å². The van der Waals surface area contributed by atoms with E-state index in [4.69, 9.17) is 0 Å². The summed E-state index contributed by atoms with van der Waals surface area (Å²) in [5.41, 5.74) is 3.47. The maximum atomic E-state index is 11.9. The SMILES string of the molecule is Cc1ccc(Br)cc1NC(=O)NCc1ccccc1CO. The summed E-state index contributed by atoms with van der Waals surface area (Å²) >= 11 is 3.38. The summed E-state index contributed by atoms with van der Waals surface area (Å²) in [6.45, 7) is 2.27. The van der Waals surface area contributed by atoms with E-state index in [1.165, 1.54) is 0 Å². The van der Waals surface area contributed by atoms with Gasteiger partial charge in [0.2, 0.25) is 0 Å².